The summed E-state index contributed by atoms with van der Waals surface area (Å²) >= 11 is 0. The van der Waals surface area contributed by atoms with Crippen LogP contribution in [0.25, 0.3) is 0 Å². The van der Waals surface area contributed by atoms with Crippen LogP contribution in [0.3, 0.4) is 0 Å². The number of ether oxygens (including phenoxy) is 1. The first-order chi connectivity index (χ1) is 10.9. The van der Waals surface area contributed by atoms with E-state index in [0.717, 1.165) is 5.84 Å². The smallest absolute Gasteiger partial charge is 0.149 e. The molecule has 0 spiro atoms. The fourth-order valence-electron chi connectivity index (χ4n) is 2.74. The van der Waals surface area contributed by atoms with E-state index in [1.807, 2.05) is 19.9 Å². The number of aliphatic hydroxyl groups is 1. The SMILES string of the molecule is CC(C)C1(O)CN(C2=NC=CC(Oc3ccc(N)c(F)c3)C2)C1. The number of nitrogens with two attached hydrogens (primary N) is 1. The van der Waals surface area contributed by atoms with Gasteiger partial charge in [0, 0.05) is 31.8 Å². The van der Waals surface area contributed by atoms with Gasteiger partial charge in [-0.2, -0.15) is 0 Å². The van der Waals surface area contributed by atoms with Crippen LogP contribution in [-0.2, 0) is 0 Å². The molecular weight excluding hydrogens is 297 g/mol. The average Bonchev–Trinajstić information content (AvgIpc) is 2.48. The molecule has 1 fully saturated rings. The van der Waals surface area contributed by atoms with Crippen LogP contribution in [0, 0.1) is 11.7 Å². The maximum absolute atomic E-state index is 13.5. The average molecular weight is 319 g/mol. The summed E-state index contributed by atoms with van der Waals surface area (Å²) in [6.07, 6.45) is 3.92. The van der Waals surface area contributed by atoms with Crippen LogP contribution in [0.5, 0.6) is 5.75 Å². The predicted molar refractivity (Wildman–Crippen MR) is 87.8 cm³/mol. The summed E-state index contributed by atoms with van der Waals surface area (Å²) in [5.74, 6) is 1.05. The van der Waals surface area contributed by atoms with E-state index < -0.39 is 11.4 Å². The number of β-amino-alcohol motifs (C(OH)–C–C–N with tert-alkyl or cyclic N) is 1. The van der Waals surface area contributed by atoms with Crippen molar-refractivity contribution in [1.82, 2.24) is 4.90 Å². The topological polar surface area (TPSA) is 71.1 Å². The highest BCUT2D eigenvalue weighted by Gasteiger charge is 2.45. The molecule has 3 rings (SSSR count). The second kappa shape index (κ2) is 5.85. The van der Waals surface area contributed by atoms with Crippen molar-refractivity contribution in [3.8, 4) is 5.75 Å². The minimum absolute atomic E-state index is 0.104. The predicted octanol–water partition coefficient (Wildman–Crippen LogP) is 2.17. The van der Waals surface area contributed by atoms with Crippen molar-refractivity contribution in [1.29, 1.82) is 0 Å². The Morgan fingerprint density at radius 2 is 2.17 bits per heavy atom. The van der Waals surface area contributed by atoms with Crippen molar-refractivity contribution in [2.75, 3.05) is 18.8 Å². The molecule has 23 heavy (non-hydrogen) atoms. The second-order valence-electron chi connectivity index (χ2n) is 6.54. The molecular formula is C17H22FN3O2. The van der Waals surface area contributed by atoms with Crippen molar-refractivity contribution in [3.63, 3.8) is 0 Å². The Morgan fingerprint density at radius 1 is 1.43 bits per heavy atom. The number of rotatable bonds is 3. The molecule has 0 radical (unpaired) electrons. The number of anilines is 1. The number of amidine groups is 1. The van der Waals surface area contributed by atoms with E-state index in [1.165, 1.54) is 12.1 Å². The van der Waals surface area contributed by atoms with Crippen molar-refractivity contribution < 1.29 is 14.2 Å². The maximum atomic E-state index is 13.5. The quantitative estimate of drug-likeness (QED) is 0.838. The van der Waals surface area contributed by atoms with Gasteiger partial charge >= 0.3 is 0 Å². The highest BCUT2D eigenvalue weighted by Crippen LogP contribution is 2.30. The second-order valence-corrected chi connectivity index (χ2v) is 6.54. The molecule has 0 saturated carbocycles. The summed E-state index contributed by atoms with van der Waals surface area (Å²) in [6.45, 7) is 5.20. The minimum Gasteiger partial charge on any atom is -0.486 e. The summed E-state index contributed by atoms with van der Waals surface area (Å²) in [7, 11) is 0. The number of aliphatic imine (C=N–C) groups is 1. The van der Waals surface area contributed by atoms with E-state index in [9.17, 15) is 9.50 Å². The van der Waals surface area contributed by atoms with Gasteiger partial charge in [-0.25, -0.2) is 9.38 Å². The molecule has 2 aliphatic heterocycles. The summed E-state index contributed by atoms with van der Waals surface area (Å²) < 4.78 is 19.3. The van der Waals surface area contributed by atoms with Crippen LogP contribution in [0.4, 0.5) is 10.1 Å². The van der Waals surface area contributed by atoms with Crippen LogP contribution < -0.4 is 10.5 Å². The number of halogens is 1. The van der Waals surface area contributed by atoms with Crippen molar-refractivity contribution in [2.45, 2.75) is 32.0 Å². The minimum atomic E-state index is -0.639. The van der Waals surface area contributed by atoms with Gasteiger partial charge in [0.05, 0.1) is 5.69 Å². The lowest BCUT2D eigenvalue weighted by molar-refractivity contribution is -0.100. The van der Waals surface area contributed by atoms with Gasteiger partial charge in [-0.15, -0.1) is 0 Å². The first-order valence-corrected chi connectivity index (χ1v) is 7.80. The Hall–Kier alpha value is -2.08. The molecule has 2 aliphatic rings. The zero-order chi connectivity index (χ0) is 16.6. The van der Waals surface area contributed by atoms with E-state index in [0.29, 0.717) is 25.3 Å². The number of likely N-dealkylation sites (tertiary alicyclic amines) is 1. The van der Waals surface area contributed by atoms with E-state index in [2.05, 4.69) is 9.89 Å². The number of hydrogen-bond donors (Lipinski definition) is 2. The fraction of sp³-hybridized carbons (Fsp3) is 0.471. The Balaban J connectivity index is 1.60. The summed E-state index contributed by atoms with van der Waals surface area (Å²) in [5, 5.41) is 10.3. The van der Waals surface area contributed by atoms with Crippen LogP contribution in [0.15, 0.2) is 35.5 Å². The monoisotopic (exact) mass is 319 g/mol. The first kappa shape index (κ1) is 15.8. The van der Waals surface area contributed by atoms with E-state index in [1.54, 1.807) is 12.3 Å². The highest BCUT2D eigenvalue weighted by atomic mass is 19.1. The van der Waals surface area contributed by atoms with E-state index in [4.69, 9.17) is 10.5 Å². The molecule has 3 N–H and O–H groups in total. The van der Waals surface area contributed by atoms with Crippen molar-refractivity contribution >= 4 is 11.5 Å². The van der Waals surface area contributed by atoms with Gasteiger partial charge in [-0.1, -0.05) is 13.8 Å². The van der Waals surface area contributed by atoms with Gasteiger partial charge in [-0.05, 0) is 24.1 Å². The molecule has 0 aromatic heterocycles. The third kappa shape index (κ3) is 3.17. The molecule has 1 saturated heterocycles. The molecule has 1 unspecified atom stereocenters. The Labute approximate surface area is 135 Å². The van der Waals surface area contributed by atoms with Crippen LogP contribution >= 0.6 is 0 Å². The zero-order valence-corrected chi connectivity index (χ0v) is 13.4. The van der Waals surface area contributed by atoms with Crippen LogP contribution in [-0.4, -0.2) is 40.6 Å². The fourth-order valence-corrected chi connectivity index (χ4v) is 2.74. The van der Waals surface area contributed by atoms with Gasteiger partial charge in [0.15, 0.2) is 0 Å². The van der Waals surface area contributed by atoms with E-state index >= 15 is 0 Å². The summed E-state index contributed by atoms with van der Waals surface area (Å²) in [5.41, 5.74) is 4.93. The van der Waals surface area contributed by atoms with Crippen molar-refractivity contribution in [3.05, 3.63) is 36.3 Å². The van der Waals surface area contributed by atoms with Crippen LogP contribution in [0.2, 0.25) is 0 Å². The molecule has 124 valence electrons. The standard InChI is InChI=1S/C17H22FN3O2/c1-11(2)17(22)9-21(10-17)16-8-13(5-6-20-16)23-12-3-4-15(19)14(18)7-12/h3-7,11,13,22H,8-10,19H2,1-2H3. The van der Waals surface area contributed by atoms with Gasteiger partial charge in [0.25, 0.3) is 0 Å². The molecule has 0 amide bonds. The largest absolute Gasteiger partial charge is 0.486 e. The maximum Gasteiger partial charge on any atom is 0.149 e. The van der Waals surface area contributed by atoms with Gasteiger partial charge < -0.3 is 20.5 Å². The molecule has 1 aromatic rings. The number of hydrogen-bond acceptors (Lipinski definition) is 5. The van der Waals surface area contributed by atoms with Crippen LogP contribution in [0.1, 0.15) is 20.3 Å². The Morgan fingerprint density at radius 3 is 2.83 bits per heavy atom. The molecule has 1 atom stereocenters. The summed E-state index contributed by atoms with van der Waals surface area (Å²) in [4.78, 5) is 6.44. The molecule has 2 heterocycles. The summed E-state index contributed by atoms with van der Waals surface area (Å²) in [6, 6.07) is 4.43. The lowest BCUT2D eigenvalue weighted by Crippen LogP contribution is -2.66. The Bertz CT molecular complexity index is 651. The third-order valence-electron chi connectivity index (χ3n) is 4.54. The van der Waals surface area contributed by atoms with Gasteiger partial charge in [0.2, 0.25) is 0 Å². The molecule has 6 heteroatoms. The number of nitrogens with zero attached hydrogens (tertiary/aromatic N) is 2. The Kier molecular flexibility index (Phi) is 4.02. The van der Waals surface area contributed by atoms with Crippen molar-refractivity contribution in [2.24, 2.45) is 10.9 Å². The molecule has 0 bridgehead atoms. The van der Waals surface area contributed by atoms with Gasteiger partial charge in [-0.3, -0.25) is 0 Å². The first-order valence-electron chi connectivity index (χ1n) is 7.80. The van der Waals surface area contributed by atoms with Gasteiger partial charge in [0.1, 0.15) is 29.1 Å². The molecule has 1 aromatic carbocycles. The highest BCUT2D eigenvalue weighted by molar-refractivity contribution is 5.85. The molecule has 0 aliphatic carbocycles. The lowest BCUT2D eigenvalue weighted by Gasteiger charge is -2.50. The third-order valence-corrected chi connectivity index (χ3v) is 4.54. The lowest BCUT2D eigenvalue weighted by atomic mass is 9.82. The van der Waals surface area contributed by atoms with E-state index in [-0.39, 0.29) is 17.7 Å². The zero-order valence-electron chi connectivity index (χ0n) is 13.4. The number of nitrogen functional groups attached to an aromatic ring is 1. The normalized spacial score (nSPS) is 22.7. The number of benzene rings is 1. The molecule has 5 nitrogen and oxygen atoms in total.